The summed E-state index contributed by atoms with van der Waals surface area (Å²) in [6.45, 7) is 4.78. The molecule has 1 heterocycles. The molecule has 1 N–H and O–H groups in total. The van der Waals surface area contributed by atoms with Crippen molar-refractivity contribution in [2.45, 2.75) is 51.0 Å². The van der Waals surface area contributed by atoms with E-state index >= 15 is 0 Å². The number of carbonyl (C=O) groups is 2. The molecule has 24 heavy (non-hydrogen) atoms. The fourth-order valence-electron chi connectivity index (χ4n) is 3.19. The second-order valence-corrected chi connectivity index (χ2v) is 6.33. The van der Waals surface area contributed by atoms with Crippen LogP contribution in [0.25, 0.3) is 0 Å². The van der Waals surface area contributed by atoms with Crippen LogP contribution in [0.2, 0.25) is 0 Å². The number of ether oxygens (including phenoxy) is 1. The van der Waals surface area contributed by atoms with Crippen molar-refractivity contribution in [2.75, 3.05) is 19.7 Å². The number of hydrogen-bond donors (Lipinski definition) is 1. The van der Waals surface area contributed by atoms with E-state index in [4.69, 9.17) is 4.74 Å². The average molecular weight is 333 g/mol. The van der Waals surface area contributed by atoms with Crippen LogP contribution in [0.3, 0.4) is 0 Å². The SMILES string of the molecule is CCC[C@H](C(=O)N1CCC(O)(C(=O)OCC)CC1)c1ccccc1. The highest BCUT2D eigenvalue weighted by atomic mass is 16.5. The number of likely N-dealkylation sites (tertiary alicyclic amines) is 1. The summed E-state index contributed by atoms with van der Waals surface area (Å²) in [5.74, 6) is -0.663. The van der Waals surface area contributed by atoms with Gasteiger partial charge in [0.05, 0.1) is 12.5 Å². The van der Waals surface area contributed by atoms with E-state index in [2.05, 4.69) is 6.92 Å². The topological polar surface area (TPSA) is 66.8 Å². The molecule has 132 valence electrons. The third-order valence-corrected chi connectivity index (χ3v) is 4.64. The van der Waals surface area contributed by atoms with Crippen LogP contribution in [-0.4, -0.2) is 47.2 Å². The lowest BCUT2D eigenvalue weighted by Crippen LogP contribution is -2.52. The van der Waals surface area contributed by atoms with Gasteiger partial charge in [-0.25, -0.2) is 4.79 Å². The van der Waals surface area contributed by atoms with Gasteiger partial charge in [0, 0.05) is 25.9 Å². The van der Waals surface area contributed by atoms with Crippen LogP contribution in [-0.2, 0) is 14.3 Å². The molecule has 0 spiro atoms. The van der Waals surface area contributed by atoms with E-state index in [9.17, 15) is 14.7 Å². The molecule has 1 aliphatic rings. The molecule has 0 unspecified atom stereocenters. The quantitative estimate of drug-likeness (QED) is 0.812. The molecule has 1 fully saturated rings. The molecule has 1 aromatic rings. The van der Waals surface area contributed by atoms with Crippen molar-refractivity contribution in [1.82, 2.24) is 4.90 Å². The number of carbonyl (C=O) groups excluding carboxylic acids is 2. The maximum atomic E-state index is 12.9. The van der Waals surface area contributed by atoms with Gasteiger partial charge in [-0.05, 0) is 18.9 Å². The van der Waals surface area contributed by atoms with Crippen LogP contribution in [0, 0.1) is 0 Å². The monoisotopic (exact) mass is 333 g/mol. The van der Waals surface area contributed by atoms with Gasteiger partial charge < -0.3 is 14.7 Å². The van der Waals surface area contributed by atoms with E-state index in [1.54, 1.807) is 11.8 Å². The number of nitrogens with zero attached hydrogens (tertiary/aromatic N) is 1. The minimum absolute atomic E-state index is 0.0777. The number of piperidine rings is 1. The van der Waals surface area contributed by atoms with Gasteiger partial charge in [-0.2, -0.15) is 0 Å². The normalized spacial score (nSPS) is 18.0. The van der Waals surface area contributed by atoms with Gasteiger partial charge in [0.15, 0.2) is 5.60 Å². The van der Waals surface area contributed by atoms with E-state index < -0.39 is 11.6 Å². The van der Waals surface area contributed by atoms with Gasteiger partial charge in [-0.1, -0.05) is 43.7 Å². The van der Waals surface area contributed by atoms with Gasteiger partial charge in [-0.15, -0.1) is 0 Å². The minimum Gasteiger partial charge on any atom is -0.464 e. The van der Waals surface area contributed by atoms with E-state index in [1.165, 1.54) is 0 Å². The van der Waals surface area contributed by atoms with Gasteiger partial charge in [-0.3, -0.25) is 4.79 Å². The molecule has 1 amide bonds. The number of hydrogen-bond acceptors (Lipinski definition) is 4. The Morgan fingerprint density at radius 3 is 2.38 bits per heavy atom. The zero-order valence-corrected chi connectivity index (χ0v) is 14.5. The van der Waals surface area contributed by atoms with Crippen molar-refractivity contribution >= 4 is 11.9 Å². The van der Waals surface area contributed by atoms with E-state index in [1.807, 2.05) is 30.3 Å². The maximum Gasteiger partial charge on any atom is 0.338 e. The summed E-state index contributed by atoms with van der Waals surface area (Å²) in [6, 6.07) is 9.80. The lowest BCUT2D eigenvalue weighted by molar-refractivity contribution is -0.171. The van der Waals surface area contributed by atoms with Gasteiger partial charge in [0.2, 0.25) is 5.91 Å². The van der Waals surface area contributed by atoms with Crippen molar-refractivity contribution in [2.24, 2.45) is 0 Å². The molecular formula is C19H27NO4. The number of rotatable bonds is 6. The van der Waals surface area contributed by atoms with Gasteiger partial charge in [0.1, 0.15) is 0 Å². The summed E-state index contributed by atoms with van der Waals surface area (Å²) in [5.41, 5.74) is -0.435. The Labute approximate surface area is 143 Å². The molecule has 5 nitrogen and oxygen atoms in total. The van der Waals surface area contributed by atoms with Crippen LogP contribution in [0.1, 0.15) is 51.0 Å². The molecule has 1 aromatic carbocycles. The van der Waals surface area contributed by atoms with Gasteiger partial charge in [0.25, 0.3) is 0 Å². The van der Waals surface area contributed by atoms with Crippen LogP contribution in [0.4, 0.5) is 0 Å². The first kappa shape index (κ1) is 18.5. The summed E-state index contributed by atoms with van der Waals surface area (Å²) in [6.07, 6.45) is 2.17. The second-order valence-electron chi connectivity index (χ2n) is 6.33. The fourth-order valence-corrected chi connectivity index (χ4v) is 3.19. The molecular weight excluding hydrogens is 306 g/mol. The summed E-state index contributed by atoms with van der Waals surface area (Å²) in [7, 11) is 0. The summed E-state index contributed by atoms with van der Waals surface area (Å²) >= 11 is 0. The Kier molecular flexibility index (Phi) is 6.37. The summed E-state index contributed by atoms with van der Waals surface area (Å²) in [5, 5.41) is 10.4. The Balaban J connectivity index is 2.04. The predicted octanol–water partition coefficient (Wildman–Crippen LogP) is 2.49. The van der Waals surface area contributed by atoms with Crippen molar-refractivity contribution < 1.29 is 19.4 Å². The number of aliphatic hydroxyl groups is 1. The Hall–Kier alpha value is -1.88. The first-order valence-corrected chi connectivity index (χ1v) is 8.75. The highest BCUT2D eigenvalue weighted by Crippen LogP contribution is 2.29. The first-order chi connectivity index (χ1) is 11.5. The largest absolute Gasteiger partial charge is 0.464 e. The van der Waals surface area contributed by atoms with Gasteiger partial charge >= 0.3 is 5.97 Å². The number of amides is 1. The van der Waals surface area contributed by atoms with E-state index in [0.29, 0.717) is 13.1 Å². The Morgan fingerprint density at radius 1 is 1.21 bits per heavy atom. The smallest absolute Gasteiger partial charge is 0.338 e. The highest BCUT2D eigenvalue weighted by Gasteiger charge is 2.42. The Bertz CT molecular complexity index is 550. The molecule has 1 atom stereocenters. The molecule has 1 aliphatic heterocycles. The molecule has 0 saturated carbocycles. The van der Waals surface area contributed by atoms with Crippen LogP contribution in [0.15, 0.2) is 30.3 Å². The molecule has 0 radical (unpaired) electrons. The zero-order valence-electron chi connectivity index (χ0n) is 14.5. The van der Waals surface area contributed by atoms with Crippen LogP contribution in [0.5, 0.6) is 0 Å². The Morgan fingerprint density at radius 2 is 1.83 bits per heavy atom. The first-order valence-electron chi connectivity index (χ1n) is 8.75. The van der Waals surface area contributed by atoms with Crippen molar-refractivity contribution in [3.8, 4) is 0 Å². The predicted molar refractivity (Wildman–Crippen MR) is 91.5 cm³/mol. The molecule has 2 rings (SSSR count). The minimum atomic E-state index is -1.46. The van der Waals surface area contributed by atoms with Crippen LogP contribution < -0.4 is 0 Å². The number of benzene rings is 1. The summed E-state index contributed by atoms with van der Waals surface area (Å²) < 4.78 is 4.94. The van der Waals surface area contributed by atoms with E-state index in [0.717, 1.165) is 18.4 Å². The molecule has 5 heteroatoms. The van der Waals surface area contributed by atoms with Crippen molar-refractivity contribution in [3.63, 3.8) is 0 Å². The van der Waals surface area contributed by atoms with Crippen molar-refractivity contribution in [3.05, 3.63) is 35.9 Å². The van der Waals surface area contributed by atoms with E-state index in [-0.39, 0.29) is 31.3 Å². The maximum absolute atomic E-state index is 12.9. The van der Waals surface area contributed by atoms with Crippen LogP contribution >= 0.6 is 0 Å². The molecule has 0 aliphatic carbocycles. The second kappa shape index (κ2) is 8.29. The zero-order chi connectivity index (χ0) is 17.6. The summed E-state index contributed by atoms with van der Waals surface area (Å²) in [4.78, 5) is 26.6. The third-order valence-electron chi connectivity index (χ3n) is 4.64. The molecule has 0 bridgehead atoms. The fraction of sp³-hybridized carbons (Fsp3) is 0.579. The third kappa shape index (κ3) is 4.15. The average Bonchev–Trinajstić information content (AvgIpc) is 2.61. The lowest BCUT2D eigenvalue weighted by atomic mass is 9.88. The molecule has 0 aromatic heterocycles. The highest BCUT2D eigenvalue weighted by molar-refractivity contribution is 5.85. The molecule has 1 saturated heterocycles. The number of esters is 1. The lowest BCUT2D eigenvalue weighted by Gasteiger charge is -2.37. The standard InChI is InChI=1S/C19H27NO4/c1-3-8-16(15-9-6-5-7-10-15)17(21)20-13-11-19(23,12-14-20)18(22)24-4-2/h5-7,9-10,16,23H,3-4,8,11-14H2,1-2H3/t16-/m0/s1. The van der Waals surface area contributed by atoms with Crippen molar-refractivity contribution in [1.29, 1.82) is 0 Å².